The van der Waals surface area contributed by atoms with Gasteiger partial charge < -0.3 is 9.73 Å². The van der Waals surface area contributed by atoms with Crippen molar-refractivity contribution in [1.82, 2.24) is 5.32 Å². The third-order valence-electron chi connectivity index (χ3n) is 3.93. The van der Waals surface area contributed by atoms with Gasteiger partial charge >= 0.3 is 0 Å². The van der Waals surface area contributed by atoms with Crippen LogP contribution in [0.5, 0.6) is 0 Å². The smallest absolute Gasteiger partial charge is 0.287 e. The Kier molecular flexibility index (Phi) is 5.43. The molecule has 0 saturated carbocycles. The van der Waals surface area contributed by atoms with Gasteiger partial charge in [-0.25, -0.2) is 0 Å². The fourth-order valence-electron chi connectivity index (χ4n) is 2.54. The lowest BCUT2D eigenvalue weighted by Gasteiger charge is -2.03. The Labute approximate surface area is 126 Å². The Morgan fingerprint density at radius 2 is 2.00 bits per heavy atom. The summed E-state index contributed by atoms with van der Waals surface area (Å²) in [4.78, 5) is 12.2. The zero-order valence-electron chi connectivity index (χ0n) is 13.3. The molecule has 0 aliphatic rings. The Hall–Kier alpha value is -1.77. The number of aryl methyl sites for hydroxylation is 2. The minimum Gasteiger partial charge on any atom is -0.451 e. The van der Waals surface area contributed by atoms with Gasteiger partial charge in [0.05, 0.1) is 0 Å². The van der Waals surface area contributed by atoms with E-state index in [0.29, 0.717) is 5.76 Å². The molecule has 0 unspecified atom stereocenters. The molecule has 0 radical (unpaired) electrons. The molecule has 0 aliphatic heterocycles. The zero-order valence-corrected chi connectivity index (χ0v) is 13.3. The minimum atomic E-state index is -0.0988. The van der Waals surface area contributed by atoms with E-state index in [9.17, 15) is 4.79 Å². The quantitative estimate of drug-likeness (QED) is 0.755. The van der Waals surface area contributed by atoms with E-state index >= 15 is 0 Å². The highest BCUT2D eigenvalue weighted by atomic mass is 16.3. The summed E-state index contributed by atoms with van der Waals surface area (Å²) in [5.74, 6) is 0.354. The first-order valence-corrected chi connectivity index (χ1v) is 7.97. The van der Waals surface area contributed by atoms with Crippen molar-refractivity contribution >= 4 is 16.9 Å². The third kappa shape index (κ3) is 3.66. The number of carbonyl (C=O) groups is 1. The standard InChI is InChI=1S/C18H25NO2/c1-4-6-7-8-11-19-18(20)17-13(3)15-12-14(5-2)9-10-16(15)21-17/h9-10,12H,4-8,11H2,1-3H3,(H,19,20). The molecule has 2 aromatic rings. The lowest BCUT2D eigenvalue weighted by atomic mass is 10.1. The van der Waals surface area contributed by atoms with Crippen LogP contribution in [0.25, 0.3) is 11.0 Å². The van der Waals surface area contributed by atoms with Crippen LogP contribution in [-0.2, 0) is 6.42 Å². The summed E-state index contributed by atoms with van der Waals surface area (Å²) in [5.41, 5.74) is 2.99. The van der Waals surface area contributed by atoms with Gasteiger partial charge in [0, 0.05) is 17.5 Å². The highest BCUT2D eigenvalue weighted by Gasteiger charge is 2.17. The van der Waals surface area contributed by atoms with Crippen molar-refractivity contribution in [3.8, 4) is 0 Å². The fraction of sp³-hybridized carbons (Fsp3) is 0.500. The molecule has 0 saturated heterocycles. The summed E-state index contributed by atoms with van der Waals surface area (Å²) >= 11 is 0. The van der Waals surface area contributed by atoms with Crippen molar-refractivity contribution < 1.29 is 9.21 Å². The van der Waals surface area contributed by atoms with Gasteiger partial charge in [-0.05, 0) is 37.5 Å². The molecule has 0 atom stereocenters. The van der Waals surface area contributed by atoms with Crippen LogP contribution in [-0.4, -0.2) is 12.5 Å². The normalized spacial score (nSPS) is 11.0. The summed E-state index contributed by atoms with van der Waals surface area (Å²) in [6.45, 7) is 6.98. The predicted octanol–water partition coefficient (Wildman–Crippen LogP) is 4.61. The van der Waals surface area contributed by atoms with Crippen molar-refractivity contribution in [3.63, 3.8) is 0 Å². The lowest BCUT2D eigenvalue weighted by Crippen LogP contribution is -2.24. The molecule has 1 amide bonds. The molecule has 0 bridgehead atoms. The van der Waals surface area contributed by atoms with Crippen LogP contribution < -0.4 is 5.32 Å². The van der Waals surface area contributed by atoms with E-state index in [0.717, 1.165) is 42.3 Å². The Morgan fingerprint density at radius 3 is 2.71 bits per heavy atom. The van der Waals surface area contributed by atoms with Gasteiger partial charge in [0.25, 0.3) is 5.91 Å². The molecule has 1 aromatic carbocycles. The fourth-order valence-corrected chi connectivity index (χ4v) is 2.54. The summed E-state index contributed by atoms with van der Waals surface area (Å²) in [7, 11) is 0. The van der Waals surface area contributed by atoms with E-state index in [4.69, 9.17) is 4.42 Å². The molecular weight excluding hydrogens is 262 g/mol. The van der Waals surface area contributed by atoms with Gasteiger partial charge in [-0.2, -0.15) is 0 Å². The number of carbonyl (C=O) groups excluding carboxylic acids is 1. The van der Waals surface area contributed by atoms with Gasteiger partial charge in [-0.3, -0.25) is 4.79 Å². The van der Waals surface area contributed by atoms with Crippen LogP contribution in [0.1, 0.15) is 61.2 Å². The average Bonchev–Trinajstić information content (AvgIpc) is 2.83. The third-order valence-corrected chi connectivity index (χ3v) is 3.93. The van der Waals surface area contributed by atoms with E-state index in [1.54, 1.807) is 0 Å². The maximum absolute atomic E-state index is 12.2. The van der Waals surface area contributed by atoms with Crippen LogP contribution in [0.3, 0.4) is 0 Å². The maximum Gasteiger partial charge on any atom is 0.287 e. The second-order valence-corrected chi connectivity index (χ2v) is 5.56. The van der Waals surface area contributed by atoms with Gasteiger partial charge in [0.2, 0.25) is 0 Å². The molecule has 1 N–H and O–H groups in total. The summed E-state index contributed by atoms with van der Waals surface area (Å²) in [6, 6.07) is 6.13. The monoisotopic (exact) mass is 287 g/mol. The highest BCUT2D eigenvalue weighted by molar-refractivity contribution is 5.99. The van der Waals surface area contributed by atoms with Gasteiger partial charge in [-0.1, -0.05) is 39.2 Å². The number of fused-ring (bicyclic) bond motifs is 1. The van der Waals surface area contributed by atoms with Crippen molar-refractivity contribution in [3.05, 3.63) is 35.1 Å². The molecule has 0 fully saturated rings. The number of nitrogens with one attached hydrogen (secondary N) is 1. The molecule has 0 aliphatic carbocycles. The van der Waals surface area contributed by atoms with Crippen LogP contribution in [0.15, 0.2) is 22.6 Å². The van der Waals surface area contributed by atoms with Crippen LogP contribution >= 0.6 is 0 Å². The predicted molar refractivity (Wildman–Crippen MR) is 86.8 cm³/mol. The van der Waals surface area contributed by atoms with Gasteiger partial charge in [0.15, 0.2) is 5.76 Å². The largest absolute Gasteiger partial charge is 0.451 e. The molecule has 0 spiro atoms. The van der Waals surface area contributed by atoms with Crippen LogP contribution in [0.2, 0.25) is 0 Å². The SMILES string of the molecule is CCCCCCNC(=O)c1oc2ccc(CC)cc2c1C. The molecule has 114 valence electrons. The van der Waals surface area contributed by atoms with Crippen molar-refractivity contribution in [2.75, 3.05) is 6.54 Å². The van der Waals surface area contributed by atoms with Crippen molar-refractivity contribution in [2.24, 2.45) is 0 Å². The molecule has 2 rings (SSSR count). The van der Waals surface area contributed by atoms with Gasteiger partial charge in [0.1, 0.15) is 5.58 Å². The highest BCUT2D eigenvalue weighted by Crippen LogP contribution is 2.26. The number of unbranched alkanes of at least 4 members (excludes halogenated alkanes) is 3. The Bertz CT molecular complexity index is 613. The number of hydrogen-bond donors (Lipinski definition) is 1. The second-order valence-electron chi connectivity index (χ2n) is 5.56. The van der Waals surface area contributed by atoms with Crippen LogP contribution in [0.4, 0.5) is 0 Å². The number of hydrogen-bond acceptors (Lipinski definition) is 2. The summed E-state index contributed by atoms with van der Waals surface area (Å²) in [6.07, 6.45) is 5.60. The Balaban J connectivity index is 2.07. The average molecular weight is 287 g/mol. The molecule has 3 nitrogen and oxygen atoms in total. The van der Waals surface area contributed by atoms with Gasteiger partial charge in [-0.15, -0.1) is 0 Å². The first-order chi connectivity index (χ1) is 10.2. The van der Waals surface area contributed by atoms with E-state index in [-0.39, 0.29) is 5.91 Å². The topological polar surface area (TPSA) is 42.2 Å². The number of rotatable bonds is 7. The number of furan rings is 1. The molecule has 1 heterocycles. The Morgan fingerprint density at radius 1 is 1.19 bits per heavy atom. The number of benzene rings is 1. The lowest BCUT2D eigenvalue weighted by molar-refractivity contribution is 0.0926. The first kappa shape index (κ1) is 15.6. The zero-order chi connectivity index (χ0) is 15.2. The van der Waals surface area contributed by atoms with Crippen LogP contribution in [0, 0.1) is 6.92 Å². The first-order valence-electron chi connectivity index (χ1n) is 7.97. The molecule has 1 aromatic heterocycles. The van der Waals surface area contributed by atoms with E-state index in [1.807, 2.05) is 13.0 Å². The molecular formula is C18H25NO2. The van der Waals surface area contributed by atoms with E-state index < -0.39 is 0 Å². The maximum atomic E-state index is 12.2. The van der Waals surface area contributed by atoms with E-state index in [1.165, 1.54) is 18.4 Å². The summed E-state index contributed by atoms with van der Waals surface area (Å²) in [5, 5.41) is 4.00. The number of amides is 1. The minimum absolute atomic E-state index is 0.0988. The van der Waals surface area contributed by atoms with Crippen molar-refractivity contribution in [2.45, 2.75) is 52.9 Å². The van der Waals surface area contributed by atoms with E-state index in [2.05, 4.69) is 31.3 Å². The molecule has 21 heavy (non-hydrogen) atoms. The van der Waals surface area contributed by atoms with Crippen molar-refractivity contribution in [1.29, 1.82) is 0 Å². The second kappa shape index (κ2) is 7.30. The molecule has 3 heteroatoms. The summed E-state index contributed by atoms with van der Waals surface area (Å²) < 4.78 is 5.73.